The van der Waals surface area contributed by atoms with Gasteiger partial charge < -0.3 is 5.43 Å². The van der Waals surface area contributed by atoms with Gasteiger partial charge in [-0.2, -0.15) is 4.83 Å². The molecular formula is C3H4N2S2. The van der Waals surface area contributed by atoms with E-state index < -0.39 is 0 Å². The highest BCUT2D eigenvalue weighted by molar-refractivity contribution is 8.00. The van der Waals surface area contributed by atoms with Crippen molar-refractivity contribution in [3.05, 3.63) is 11.5 Å². The highest BCUT2D eigenvalue weighted by Gasteiger charge is 1.91. The predicted molar refractivity (Wildman–Crippen MR) is 35.6 cm³/mol. The molecule has 0 saturated heterocycles. The van der Waals surface area contributed by atoms with E-state index >= 15 is 0 Å². The molecule has 1 heterocycles. The molecule has 0 unspecified atom stereocenters. The number of nitrogens with one attached hydrogen (secondary N) is 2. The van der Waals surface area contributed by atoms with Crippen LogP contribution in [-0.2, 0) is 0 Å². The molecule has 0 radical (unpaired) electrons. The van der Waals surface area contributed by atoms with Gasteiger partial charge in [-0.3, -0.25) is 0 Å². The third-order valence-corrected chi connectivity index (χ3v) is 1.25. The first-order chi connectivity index (χ1) is 3.39. The Kier molecular flexibility index (Phi) is 1.67. The molecule has 38 valence electrons. The Labute approximate surface area is 51.5 Å². The summed E-state index contributed by atoms with van der Waals surface area (Å²) in [6, 6.07) is 0. The zero-order valence-corrected chi connectivity index (χ0v) is 5.10. The minimum atomic E-state index is 0.735. The summed E-state index contributed by atoms with van der Waals surface area (Å²) < 4.78 is 0. The lowest BCUT2D eigenvalue weighted by Gasteiger charge is -2.06. The van der Waals surface area contributed by atoms with Crippen LogP contribution in [0.4, 0.5) is 0 Å². The topological polar surface area (TPSA) is 24.1 Å². The summed E-state index contributed by atoms with van der Waals surface area (Å²) in [5.41, 5.74) is 2.74. The lowest BCUT2D eigenvalue weighted by Crippen LogP contribution is -2.31. The molecule has 2 N–H and O–H groups in total. The fourth-order valence-corrected chi connectivity index (χ4v) is 0.962. The van der Waals surface area contributed by atoms with E-state index in [9.17, 15) is 0 Å². The molecule has 0 aromatic carbocycles. The first-order valence-electron chi connectivity index (χ1n) is 1.77. The van der Waals surface area contributed by atoms with Crippen LogP contribution in [0.25, 0.3) is 0 Å². The highest BCUT2D eigenvalue weighted by atomic mass is 32.2. The normalized spacial score (nSPS) is 19.1. The minimum Gasteiger partial charge on any atom is -0.302 e. The quantitative estimate of drug-likeness (QED) is 0.372. The standard InChI is InChI=1S/C3H4N2S2/c6-3-1-2-7-5-4-3/h1-2,5H,(H,4,6). The van der Waals surface area contributed by atoms with Crippen molar-refractivity contribution in [3.8, 4) is 0 Å². The van der Waals surface area contributed by atoms with Crippen LogP contribution in [0.3, 0.4) is 0 Å². The summed E-state index contributed by atoms with van der Waals surface area (Å²) in [5.74, 6) is 0. The summed E-state index contributed by atoms with van der Waals surface area (Å²) in [6.45, 7) is 0. The first-order valence-corrected chi connectivity index (χ1v) is 3.05. The maximum absolute atomic E-state index is 4.73. The Hall–Kier alpha value is -0.0600. The van der Waals surface area contributed by atoms with Crippen molar-refractivity contribution in [2.45, 2.75) is 0 Å². The van der Waals surface area contributed by atoms with E-state index in [-0.39, 0.29) is 0 Å². The van der Waals surface area contributed by atoms with Crippen molar-refractivity contribution in [1.82, 2.24) is 10.3 Å². The highest BCUT2D eigenvalue weighted by Crippen LogP contribution is 1.97. The van der Waals surface area contributed by atoms with Crippen molar-refractivity contribution >= 4 is 29.2 Å². The van der Waals surface area contributed by atoms with Crippen LogP contribution in [-0.4, -0.2) is 4.99 Å². The van der Waals surface area contributed by atoms with E-state index in [1.807, 2.05) is 11.5 Å². The Morgan fingerprint density at radius 3 is 2.86 bits per heavy atom. The lowest BCUT2D eigenvalue weighted by atomic mass is 10.6. The van der Waals surface area contributed by atoms with Crippen molar-refractivity contribution in [3.63, 3.8) is 0 Å². The summed E-state index contributed by atoms with van der Waals surface area (Å²) in [5, 5.41) is 1.89. The Morgan fingerprint density at radius 1 is 1.71 bits per heavy atom. The number of thiocarbonyl (C=S) groups is 1. The smallest absolute Gasteiger partial charge is 0.114 e. The second-order valence-corrected chi connectivity index (χ2v) is 2.16. The monoisotopic (exact) mass is 132 g/mol. The maximum atomic E-state index is 4.73. The molecule has 0 atom stereocenters. The van der Waals surface area contributed by atoms with Gasteiger partial charge in [0.1, 0.15) is 4.99 Å². The molecule has 0 spiro atoms. The van der Waals surface area contributed by atoms with Gasteiger partial charge in [-0.05, 0) is 23.4 Å². The van der Waals surface area contributed by atoms with Crippen LogP contribution < -0.4 is 10.3 Å². The van der Waals surface area contributed by atoms with Gasteiger partial charge in [-0.25, -0.2) is 0 Å². The Morgan fingerprint density at radius 2 is 2.57 bits per heavy atom. The number of hydrazine groups is 1. The van der Waals surface area contributed by atoms with Gasteiger partial charge in [0, 0.05) is 0 Å². The molecule has 7 heavy (non-hydrogen) atoms. The van der Waals surface area contributed by atoms with Crippen molar-refractivity contribution in [2.24, 2.45) is 0 Å². The molecule has 2 nitrogen and oxygen atoms in total. The lowest BCUT2D eigenvalue weighted by molar-refractivity contribution is 0.946. The molecule has 0 amide bonds. The minimum absolute atomic E-state index is 0.735. The van der Waals surface area contributed by atoms with E-state index in [1.165, 1.54) is 11.9 Å². The summed E-state index contributed by atoms with van der Waals surface area (Å²) in [7, 11) is 0. The second kappa shape index (κ2) is 2.30. The van der Waals surface area contributed by atoms with Gasteiger partial charge in [0.2, 0.25) is 0 Å². The largest absolute Gasteiger partial charge is 0.302 e. The molecule has 1 rings (SSSR count). The SMILES string of the molecule is S=C1C=CSNN1. The first kappa shape index (κ1) is 5.08. The fourth-order valence-electron chi connectivity index (χ4n) is 0.251. The average molecular weight is 132 g/mol. The molecule has 0 aromatic heterocycles. The number of hydrogen-bond donors (Lipinski definition) is 2. The average Bonchev–Trinajstić information content (AvgIpc) is 1.69. The van der Waals surface area contributed by atoms with Crippen LogP contribution >= 0.6 is 24.2 Å². The van der Waals surface area contributed by atoms with E-state index in [0.717, 1.165) is 4.99 Å². The molecule has 0 aromatic rings. The van der Waals surface area contributed by atoms with Crippen LogP contribution in [0.1, 0.15) is 0 Å². The van der Waals surface area contributed by atoms with Crippen LogP contribution in [0.5, 0.6) is 0 Å². The zero-order chi connectivity index (χ0) is 5.11. The maximum Gasteiger partial charge on any atom is 0.114 e. The molecule has 4 heteroatoms. The van der Waals surface area contributed by atoms with Gasteiger partial charge >= 0.3 is 0 Å². The van der Waals surface area contributed by atoms with Crippen LogP contribution in [0, 0.1) is 0 Å². The molecule has 1 aliphatic rings. The van der Waals surface area contributed by atoms with Crippen molar-refractivity contribution < 1.29 is 0 Å². The molecule has 0 bridgehead atoms. The molecular weight excluding hydrogens is 128 g/mol. The third kappa shape index (κ3) is 1.46. The molecule has 0 aliphatic carbocycles. The van der Waals surface area contributed by atoms with Crippen LogP contribution in [0.2, 0.25) is 0 Å². The fraction of sp³-hybridized carbons (Fsp3) is 0. The van der Waals surface area contributed by atoms with E-state index in [0.29, 0.717) is 0 Å². The van der Waals surface area contributed by atoms with E-state index in [1.54, 1.807) is 0 Å². The summed E-state index contributed by atoms with van der Waals surface area (Å²) in [4.78, 5) is 3.51. The summed E-state index contributed by atoms with van der Waals surface area (Å²) in [6.07, 6.45) is 1.83. The van der Waals surface area contributed by atoms with Gasteiger partial charge in [-0.15, -0.1) is 0 Å². The number of rotatable bonds is 0. The van der Waals surface area contributed by atoms with Gasteiger partial charge in [-0.1, -0.05) is 12.2 Å². The van der Waals surface area contributed by atoms with Gasteiger partial charge in [0.15, 0.2) is 0 Å². The Balaban J connectivity index is 2.51. The van der Waals surface area contributed by atoms with Crippen molar-refractivity contribution in [2.75, 3.05) is 0 Å². The molecule has 1 aliphatic heterocycles. The number of hydrogen-bond acceptors (Lipinski definition) is 3. The van der Waals surface area contributed by atoms with Crippen molar-refractivity contribution in [1.29, 1.82) is 0 Å². The van der Waals surface area contributed by atoms with E-state index in [4.69, 9.17) is 12.2 Å². The zero-order valence-electron chi connectivity index (χ0n) is 3.47. The van der Waals surface area contributed by atoms with E-state index in [2.05, 4.69) is 10.3 Å². The summed E-state index contributed by atoms with van der Waals surface area (Å²) >= 11 is 6.20. The Bertz CT molecular complexity index is 110. The van der Waals surface area contributed by atoms with Gasteiger partial charge in [0.05, 0.1) is 0 Å². The predicted octanol–water partition coefficient (Wildman–Crippen LogP) is 0.584. The molecule has 0 saturated carbocycles. The molecule has 0 fully saturated rings. The second-order valence-electron chi connectivity index (χ2n) is 1.01. The van der Waals surface area contributed by atoms with Gasteiger partial charge in [0.25, 0.3) is 0 Å². The third-order valence-electron chi connectivity index (χ3n) is 0.521. The van der Waals surface area contributed by atoms with Crippen LogP contribution in [0.15, 0.2) is 11.5 Å².